The second-order valence-electron chi connectivity index (χ2n) is 4.53. The van der Waals surface area contributed by atoms with Crippen LogP contribution in [0.5, 0.6) is 0 Å². The molecule has 0 aliphatic rings. The van der Waals surface area contributed by atoms with Crippen molar-refractivity contribution in [1.82, 2.24) is 4.98 Å². The smallest absolute Gasteiger partial charge is 0.0506 e. The van der Waals surface area contributed by atoms with Gasteiger partial charge in [0, 0.05) is 21.8 Å². The van der Waals surface area contributed by atoms with Crippen LogP contribution < -0.4 is 0 Å². The predicted octanol–water partition coefficient (Wildman–Crippen LogP) is 5.13. The van der Waals surface area contributed by atoms with Gasteiger partial charge in [-0.25, -0.2) is 0 Å². The first kappa shape index (κ1) is 9.98. The van der Waals surface area contributed by atoms with Gasteiger partial charge in [-0.05, 0) is 35.0 Å². The van der Waals surface area contributed by atoms with Crippen LogP contribution in [0.3, 0.4) is 0 Å². The van der Waals surface area contributed by atoms with Crippen LogP contribution in [-0.2, 0) is 0 Å². The van der Waals surface area contributed by atoms with E-state index in [4.69, 9.17) is 11.6 Å². The van der Waals surface area contributed by atoms with Gasteiger partial charge in [0.2, 0.25) is 0 Å². The predicted molar refractivity (Wildman–Crippen MR) is 78.3 cm³/mol. The quantitative estimate of drug-likeness (QED) is 0.446. The number of rotatable bonds is 0. The van der Waals surface area contributed by atoms with E-state index in [0.29, 0.717) is 0 Å². The number of aromatic amines is 1. The van der Waals surface area contributed by atoms with Crippen LogP contribution in [0, 0.1) is 0 Å². The van der Waals surface area contributed by atoms with E-state index >= 15 is 0 Å². The molecule has 0 saturated carbocycles. The van der Waals surface area contributed by atoms with Crippen LogP contribution in [0.15, 0.2) is 54.6 Å². The first-order valence-electron chi connectivity index (χ1n) is 5.92. The van der Waals surface area contributed by atoms with E-state index < -0.39 is 0 Å². The molecule has 4 rings (SSSR count). The summed E-state index contributed by atoms with van der Waals surface area (Å²) in [6.07, 6.45) is 0. The molecule has 0 aliphatic heterocycles. The second-order valence-corrected chi connectivity index (χ2v) is 4.94. The summed E-state index contributed by atoms with van der Waals surface area (Å²) in [4.78, 5) is 3.43. The SMILES string of the molecule is Clc1cccc2[nH]c3cc4ccccc4cc3c12. The highest BCUT2D eigenvalue weighted by Gasteiger charge is 2.08. The zero-order valence-electron chi connectivity index (χ0n) is 9.57. The number of hydrogen-bond donors (Lipinski definition) is 1. The molecule has 0 amide bonds. The van der Waals surface area contributed by atoms with Crippen molar-refractivity contribution < 1.29 is 0 Å². The van der Waals surface area contributed by atoms with Crippen LogP contribution in [0.1, 0.15) is 0 Å². The normalized spacial score (nSPS) is 11.6. The highest BCUT2D eigenvalue weighted by Crippen LogP contribution is 2.33. The highest BCUT2D eigenvalue weighted by molar-refractivity contribution is 6.38. The van der Waals surface area contributed by atoms with E-state index in [1.54, 1.807) is 0 Å². The number of hydrogen-bond acceptors (Lipinski definition) is 0. The molecule has 0 aliphatic carbocycles. The molecule has 3 aromatic carbocycles. The third-order valence-electron chi connectivity index (χ3n) is 3.44. The zero-order valence-corrected chi connectivity index (χ0v) is 10.3. The van der Waals surface area contributed by atoms with Gasteiger partial charge in [-0.2, -0.15) is 0 Å². The summed E-state index contributed by atoms with van der Waals surface area (Å²) in [6, 6.07) is 18.7. The number of aromatic nitrogens is 1. The van der Waals surface area contributed by atoms with Crippen LogP contribution >= 0.6 is 11.6 Å². The topological polar surface area (TPSA) is 15.8 Å². The summed E-state index contributed by atoms with van der Waals surface area (Å²) in [5.41, 5.74) is 2.23. The monoisotopic (exact) mass is 251 g/mol. The molecular formula is C16H10ClN. The molecule has 0 bridgehead atoms. The Morgan fingerprint density at radius 3 is 2.39 bits per heavy atom. The van der Waals surface area contributed by atoms with Crippen LogP contribution in [0.2, 0.25) is 5.02 Å². The maximum absolute atomic E-state index is 6.31. The molecule has 0 atom stereocenters. The van der Waals surface area contributed by atoms with Gasteiger partial charge >= 0.3 is 0 Å². The number of benzene rings is 3. The summed E-state index contributed by atoms with van der Waals surface area (Å²) >= 11 is 6.31. The largest absolute Gasteiger partial charge is 0.354 e. The molecule has 0 radical (unpaired) electrons. The molecule has 18 heavy (non-hydrogen) atoms. The molecule has 1 aromatic heterocycles. The van der Waals surface area contributed by atoms with Gasteiger partial charge in [0.15, 0.2) is 0 Å². The van der Waals surface area contributed by atoms with E-state index in [9.17, 15) is 0 Å². The Morgan fingerprint density at radius 2 is 1.56 bits per heavy atom. The van der Waals surface area contributed by atoms with E-state index in [1.165, 1.54) is 16.2 Å². The van der Waals surface area contributed by atoms with Gasteiger partial charge < -0.3 is 4.98 Å². The van der Waals surface area contributed by atoms with Gasteiger partial charge in [0.05, 0.1) is 5.02 Å². The Balaban J connectivity index is 2.29. The average Bonchev–Trinajstić information content (AvgIpc) is 2.74. The summed E-state index contributed by atoms with van der Waals surface area (Å²) < 4.78 is 0. The molecule has 1 N–H and O–H groups in total. The standard InChI is InChI=1S/C16H10ClN/c17-13-6-3-7-14-16(13)12-8-10-4-1-2-5-11(10)9-15(12)18-14/h1-9,18H. The van der Waals surface area contributed by atoms with Crippen LogP contribution in [0.25, 0.3) is 32.6 Å². The average molecular weight is 252 g/mol. The Labute approximate surface area is 109 Å². The van der Waals surface area contributed by atoms with E-state index in [2.05, 4.69) is 47.4 Å². The van der Waals surface area contributed by atoms with Gasteiger partial charge in [-0.3, -0.25) is 0 Å². The molecule has 2 heteroatoms. The van der Waals surface area contributed by atoms with Crippen molar-refractivity contribution in [3.05, 3.63) is 59.6 Å². The van der Waals surface area contributed by atoms with Gasteiger partial charge in [0.1, 0.15) is 0 Å². The molecule has 1 nitrogen and oxygen atoms in total. The van der Waals surface area contributed by atoms with Crippen molar-refractivity contribution in [3.8, 4) is 0 Å². The Morgan fingerprint density at radius 1 is 0.778 bits per heavy atom. The zero-order chi connectivity index (χ0) is 12.1. The lowest BCUT2D eigenvalue weighted by Gasteiger charge is -1.98. The van der Waals surface area contributed by atoms with Crippen molar-refractivity contribution in [3.63, 3.8) is 0 Å². The van der Waals surface area contributed by atoms with Crippen molar-refractivity contribution in [2.24, 2.45) is 0 Å². The lowest BCUT2D eigenvalue weighted by molar-refractivity contribution is 1.55. The van der Waals surface area contributed by atoms with Gasteiger partial charge in [-0.15, -0.1) is 0 Å². The summed E-state index contributed by atoms with van der Waals surface area (Å²) in [5, 5.41) is 5.58. The second kappa shape index (κ2) is 3.50. The van der Waals surface area contributed by atoms with Gasteiger partial charge in [0.25, 0.3) is 0 Å². The first-order chi connectivity index (χ1) is 8.83. The third-order valence-corrected chi connectivity index (χ3v) is 3.75. The Bertz CT molecular complexity index is 889. The molecule has 0 saturated heterocycles. The fourth-order valence-corrected chi connectivity index (χ4v) is 2.87. The Hall–Kier alpha value is -1.99. The minimum atomic E-state index is 0.800. The molecule has 1 heterocycles. The van der Waals surface area contributed by atoms with Crippen molar-refractivity contribution in [2.45, 2.75) is 0 Å². The van der Waals surface area contributed by atoms with E-state index in [0.717, 1.165) is 21.4 Å². The lowest BCUT2D eigenvalue weighted by Crippen LogP contribution is -1.73. The third kappa shape index (κ3) is 1.28. The molecule has 0 spiro atoms. The number of fused-ring (bicyclic) bond motifs is 4. The maximum atomic E-state index is 6.31. The molecule has 4 aromatic rings. The maximum Gasteiger partial charge on any atom is 0.0506 e. The minimum Gasteiger partial charge on any atom is -0.354 e. The lowest BCUT2D eigenvalue weighted by atomic mass is 10.1. The van der Waals surface area contributed by atoms with Crippen LogP contribution in [0.4, 0.5) is 0 Å². The number of H-pyrrole nitrogens is 1. The van der Waals surface area contributed by atoms with Crippen molar-refractivity contribution in [2.75, 3.05) is 0 Å². The van der Waals surface area contributed by atoms with E-state index in [-0.39, 0.29) is 0 Å². The summed E-state index contributed by atoms with van der Waals surface area (Å²) in [6.45, 7) is 0. The van der Waals surface area contributed by atoms with Gasteiger partial charge in [-0.1, -0.05) is 41.9 Å². The Kier molecular flexibility index (Phi) is 1.94. The first-order valence-corrected chi connectivity index (χ1v) is 6.29. The number of halogens is 1. The molecule has 0 fully saturated rings. The number of nitrogens with one attached hydrogen (secondary N) is 1. The van der Waals surface area contributed by atoms with Crippen LogP contribution in [-0.4, -0.2) is 4.98 Å². The van der Waals surface area contributed by atoms with Crippen molar-refractivity contribution in [1.29, 1.82) is 0 Å². The van der Waals surface area contributed by atoms with E-state index in [1.807, 2.05) is 12.1 Å². The van der Waals surface area contributed by atoms with Crippen molar-refractivity contribution >= 4 is 44.2 Å². The fraction of sp³-hybridized carbons (Fsp3) is 0. The summed E-state index contributed by atoms with van der Waals surface area (Å²) in [7, 11) is 0. The molecule has 0 unspecified atom stereocenters. The summed E-state index contributed by atoms with van der Waals surface area (Å²) in [5.74, 6) is 0. The highest BCUT2D eigenvalue weighted by atomic mass is 35.5. The fourth-order valence-electron chi connectivity index (χ4n) is 2.60. The minimum absolute atomic E-state index is 0.800. The molecular weight excluding hydrogens is 242 g/mol. The molecule has 86 valence electrons.